The van der Waals surface area contributed by atoms with Crippen LogP contribution in [0.15, 0.2) is 29.4 Å². The maximum Gasteiger partial charge on any atom is 0.307 e. The normalized spacial score (nSPS) is 17.9. The van der Waals surface area contributed by atoms with Crippen LogP contribution in [0.25, 0.3) is 0 Å². The van der Waals surface area contributed by atoms with Crippen molar-refractivity contribution in [2.24, 2.45) is 5.16 Å². The molecule has 1 unspecified atom stereocenters. The van der Waals surface area contributed by atoms with Crippen LogP contribution in [0.3, 0.4) is 0 Å². The van der Waals surface area contributed by atoms with E-state index in [9.17, 15) is 4.79 Å². The quantitative estimate of drug-likeness (QED) is 0.842. The minimum atomic E-state index is -0.896. The van der Waals surface area contributed by atoms with Crippen LogP contribution in [0.1, 0.15) is 25.8 Å². The third-order valence-electron chi connectivity index (χ3n) is 2.34. The summed E-state index contributed by atoms with van der Waals surface area (Å²) in [6, 6.07) is 6.56. The Morgan fingerprint density at radius 1 is 1.41 bits per heavy atom. The van der Waals surface area contributed by atoms with Crippen LogP contribution in [-0.2, 0) is 9.63 Å². The third kappa shape index (κ3) is 3.21. The van der Waals surface area contributed by atoms with Gasteiger partial charge in [-0.25, -0.2) is 0 Å². The van der Waals surface area contributed by atoms with Crippen LogP contribution < -0.4 is 0 Å². The summed E-state index contributed by atoms with van der Waals surface area (Å²) in [6.07, 6.45) is 0.0450. The molecule has 0 amide bonds. The van der Waals surface area contributed by atoms with Gasteiger partial charge in [-0.3, -0.25) is 4.79 Å². The fourth-order valence-corrected chi connectivity index (χ4v) is 1.56. The lowest BCUT2D eigenvalue weighted by atomic mass is 10.0. The summed E-state index contributed by atoms with van der Waals surface area (Å²) in [5, 5.41) is 21.6. The predicted molar refractivity (Wildman–Crippen MR) is 63.1 cm³/mol. The van der Waals surface area contributed by atoms with Crippen molar-refractivity contribution >= 4 is 11.7 Å². The SMILES string of the molecule is C.O=C(O)CC1CC(c2ccc(O)cc2)=NO1. The van der Waals surface area contributed by atoms with Crippen molar-refractivity contribution in [3.05, 3.63) is 29.8 Å². The Balaban J connectivity index is 0.00000144. The molecule has 1 aromatic rings. The largest absolute Gasteiger partial charge is 0.508 e. The molecule has 0 saturated heterocycles. The Morgan fingerprint density at radius 2 is 2.06 bits per heavy atom. The second-order valence-corrected chi connectivity index (χ2v) is 3.61. The van der Waals surface area contributed by atoms with E-state index >= 15 is 0 Å². The second kappa shape index (κ2) is 5.34. The van der Waals surface area contributed by atoms with Gasteiger partial charge < -0.3 is 15.1 Å². The van der Waals surface area contributed by atoms with E-state index in [0.717, 1.165) is 5.56 Å². The van der Waals surface area contributed by atoms with E-state index in [1.807, 2.05) is 0 Å². The fourth-order valence-electron chi connectivity index (χ4n) is 1.56. The highest BCUT2D eigenvalue weighted by Gasteiger charge is 2.24. The summed E-state index contributed by atoms with van der Waals surface area (Å²) in [5.41, 5.74) is 1.55. The van der Waals surface area contributed by atoms with Crippen molar-refractivity contribution in [3.8, 4) is 5.75 Å². The number of aliphatic carboxylic acids is 1. The molecule has 2 rings (SSSR count). The molecule has 0 saturated carbocycles. The van der Waals surface area contributed by atoms with Gasteiger partial charge in [0.2, 0.25) is 0 Å². The number of rotatable bonds is 3. The topological polar surface area (TPSA) is 79.1 Å². The van der Waals surface area contributed by atoms with Crippen LogP contribution in [0.5, 0.6) is 5.75 Å². The Kier molecular flexibility index (Phi) is 4.09. The first-order chi connectivity index (χ1) is 7.65. The first-order valence-corrected chi connectivity index (χ1v) is 4.89. The molecule has 5 nitrogen and oxygen atoms in total. The molecular formula is C12H15NO4. The number of phenolic OH excluding ortho intramolecular Hbond substituents is 1. The van der Waals surface area contributed by atoms with Crippen molar-refractivity contribution in [3.63, 3.8) is 0 Å². The summed E-state index contributed by atoms with van der Waals surface area (Å²) in [5.74, 6) is -0.711. The van der Waals surface area contributed by atoms with Crippen molar-refractivity contribution < 1.29 is 19.8 Å². The molecule has 92 valence electrons. The minimum absolute atomic E-state index is 0. The van der Waals surface area contributed by atoms with Crippen LogP contribution in [0.2, 0.25) is 0 Å². The lowest BCUT2D eigenvalue weighted by molar-refractivity contribution is -0.139. The van der Waals surface area contributed by atoms with E-state index in [0.29, 0.717) is 12.1 Å². The van der Waals surface area contributed by atoms with Crippen molar-refractivity contribution in [1.82, 2.24) is 0 Å². The molecule has 17 heavy (non-hydrogen) atoms. The zero-order chi connectivity index (χ0) is 11.5. The molecule has 1 atom stereocenters. The van der Waals surface area contributed by atoms with Crippen molar-refractivity contribution in [1.29, 1.82) is 0 Å². The molecule has 0 aromatic heterocycles. The maximum atomic E-state index is 10.5. The summed E-state index contributed by atoms with van der Waals surface area (Å²) < 4.78 is 0. The van der Waals surface area contributed by atoms with Gasteiger partial charge in [0.1, 0.15) is 11.9 Å². The summed E-state index contributed by atoms with van der Waals surface area (Å²) in [4.78, 5) is 15.5. The number of carboxylic acids is 1. The first kappa shape index (κ1) is 13.0. The fraction of sp³-hybridized carbons (Fsp3) is 0.333. The minimum Gasteiger partial charge on any atom is -0.508 e. The number of hydrogen-bond donors (Lipinski definition) is 2. The average molecular weight is 237 g/mol. The van der Waals surface area contributed by atoms with Crippen molar-refractivity contribution in [2.75, 3.05) is 0 Å². The first-order valence-electron chi connectivity index (χ1n) is 4.89. The van der Waals surface area contributed by atoms with Gasteiger partial charge in [0.15, 0.2) is 0 Å². The monoisotopic (exact) mass is 237 g/mol. The van der Waals surface area contributed by atoms with Gasteiger partial charge in [-0.2, -0.15) is 0 Å². The molecule has 1 heterocycles. The number of phenols is 1. The molecular weight excluding hydrogens is 222 g/mol. The molecule has 0 spiro atoms. The van der Waals surface area contributed by atoms with Crippen LogP contribution in [0, 0.1) is 0 Å². The molecule has 0 radical (unpaired) electrons. The molecule has 5 heteroatoms. The maximum absolute atomic E-state index is 10.5. The lowest BCUT2D eigenvalue weighted by Crippen LogP contribution is -2.13. The molecule has 0 aliphatic carbocycles. The molecule has 2 N–H and O–H groups in total. The highest BCUT2D eigenvalue weighted by molar-refractivity contribution is 6.01. The Hall–Kier alpha value is -2.04. The molecule has 1 aliphatic rings. The van der Waals surface area contributed by atoms with E-state index in [4.69, 9.17) is 15.1 Å². The van der Waals surface area contributed by atoms with Gasteiger partial charge in [0.05, 0.1) is 12.1 Å². The van der Waals surface area contributed by atoms with Crippen LogP contribution >= 0.6 is 0 Å². The zero-order valence-corrected chi connectivity index (χ0v) is 8.46. The van der Waals surface area contributed by atoms with Gasteiger partial charge in [0, 0.05) is 6.42 Å². The second-order valence-electron chi connectivity index (χ2n) is 3.61. The Labute approximate surface area is 99.3 Å². The summed E-state index contributed by atoms with van der Waals surface area (Å²) in [7, 11) is 0. The summed E-state index contributed by atoms with van der Waals surface area (Å²) in [6.45, 7) is 0. The van der Waals surface area contributed by atoms with Gasteiger partial charge in [-0.15, -0.1) is 0 Å². The number of benzene rings is 1. The summed E-state index contributed by atoms with van der Waals surface area (Å²) >= 11 is 0. The highest BCUT2D eigenvalue weighted by atomic mass is 16.6. The van der Waals surface area contributed by atoms with E-state index in [1.54, 1.807) is 24.3 Å². The number of aromatic hydroxyl groups is 1. The molecule has 0 bridgehead atoms. The number of oxime groups is 1. The van der Waals surface area contributed by atoms with E-state index in [-0.39, 0.29) is 25.7 Å². The smallest absolute Gasteiger partial charge is 0.307 e. The highest BCUT2D eigenvalue weighted by Crippen LogP contribution is 2.20. The number of nitrogens with zero attached hydrogens (tertiary/aromatic N) is 1. The van der Waals surface area contributed by atoms with Crippen LogP contribution in [-0.4, -0.2) is 28.0 Å². The van der Waals surface area contributed by atoms with Gasteiger partial charge in [-0.05, 0) is 29.8 Å². The molecule has 0 fully saturated rings. The van der Waals surface area contributed by atoms with E-state index in [2.05, 4.69) is 5.16 Å². The van der Waals surface area contributed by atoms with E-state index in [1.165, 1.54) is 0 Å². The van der Waals surface area contributed by atoms with Crippen LogP contribution in [0.4, 0.5) is 0 Å². The van der Waals surface area contributed by atoms with Gasteiger partial charge in [0.25, 0.3) is 0 Å². The van der Waals surface area contributed by atoms with E-state index < -0.39 is 5.97 Å². The number of carbonyl (C=O) groups is 1. The predicted octanol–water partition coefficient (Wildman–Crippen LogP) is 2.00. The van der Waals surface area contributed by atoms with Gasteiger partial charge in [-0.1, -0.05) is 12.6 Å². The van der Waals surface area contributed by atoms with Crippen molar-refractivity contribution in [2.45, 2.75) is 26.4 Å². The molecule has 1 aliphatic heterocycles. The Morgan fingerprint density at radius 3 is 2.65 bits per heavy atom. The van der Waals surface area contributed by atoms with Gasteiger partial charge >= 0.3 is 5.97 Å². The lowest BCUT2D eigenvalue weighted by Gasteiger charge is -2.03. The Bertz CT molecular complexity index is 425. The zero-order valence-electron chi connectivity index (χ0n) is 8.46. The standard InChI is InChI=1S/C11H11NO4.CH4/c13-8-3-1-7(2-4-8)10-5-9(16-12-10)6-11(14)15;/h1-4,9,13H,5-6H2,(H,14,15);1H4. The molecule has 1 aromatic carbocycles. The number of hydrogen-bond acceptors (Lipinski definition) is 4. The third-order valence-corrected chi connectivity index (χ3v) is 2.34. The average Bonchev–Trinajstić information content (AvgIpc) is 2.66. The number of carboxylic acid groups (broad SMARTS) is 1.